The summed E-state index contributed by atoms with van der Waals surface area (Å²) in [5.74, 6) is -8.10. The molecule has 210 valence electrons. The number of carboxylic acid groups (broad SMARTS) is 6. The van der Waals surface area contributed by atoms with Gasteiger partial charge in [0.15, 0.2) is 0 Å². The molecule has 0 amide bonds. The first kappa shape index (κ1) is 84.7. The molecule has 0 unspecified atom stereocenters. The quantitative estimate of drug-likeness (QED) is 0.0861. The van der Waals surface area contributed by atoms with Crippen LogP contribution in [0.15, 0.2) is 0 Å². The molecule has 0 atom stereocenters. The summed E-state index contributed by atoms with van der Waals surface area (Å²) >= 11 is 0. The van der Waals surface area contributed by atoms with Gasteiger partial charge in [-0.25, -0.2) is 38.4 Å². The third-order valence-corrected chi connectivity index (χ3v) is 0.977. The molecular formula is C8H26N2O23Y2+2. The molecule has 0 aromatic heterocycles. The molecule has 0 saturated carbocycles. The average Bonchev–Trinajstić information content (AvgIpc) is 2.54. The van der Waals surface area contributed by atoms with Gasteiger partial charge in [0.05, 0.1) is 0 Å². The number of hydrogen-bond donors (Lipinski definition) is 8. The molecule has 0 heterocycles. The van der Waals surface area contributed by atoms with Crippen molar-refractivity contribution in [3.8, 4) is 0 Å². The van der Waals surface area contributed by atoms with Crippen LogP contribution in [0.5, 0.6) is 0 Å². The van der Waals surface area contributed by atoms with Crippen LogP contribution in [-0.2, 0) is 113 Å². The predicted molar refractivity (Wildman–Crippen MR) is 89.1 cm³/mol. The third kappa shape index (κ3) is 89.4. The molecule has 0 aromatic carbocycles. The van der Waals surface area contributed by atoms with Crippen molar-refractivity contribution in [3.63, 3.8) is 0 Å². The summed E-state index contributed by atoms with van der Waals surface area (Å²) in [5, 5.41) is 44.9. The van der Waals surface area contributed by atoms with E-state index in [-0.39, 0.29) is 104 Å². The van der Waals surface area contributed by atoms with E-state index in [0.717, 1.165) is 0 Å². The fourth-order valence-corrected chi connectivity index (χ4v) is 0.123. The first-order valence-corrected chi connectivity index (χ1v) is 4.96. The second-order valence-corrected chi connectivity index (χ2v) is 2.69. The molecule has 2 radical (unpaired) electrons. The summed E-state index contributed by atoms with van der Waals surface area (Å²) in [4.78, 5) is 81.5. The minimum Gasteiger partial charge on any atom is -0.473 e. The Morgan fingerprint density at radius 2 is 0.486 bits per heavy atom. The molecule has 0 spiro atoms. The number of hydrogen-bond acceptors (Lipinski definition) is 10. The van der Waals surface area contributed by atoms with Crippen molar-refractivity contribution in [2.24, 2.45) is 0 Å². The fourth-order valence-electron chi connectivity index (χ4n) is 0.123. The predicted octanol–water partition coefficient (Wildman–Crippen LogP) is -11.9. The number of carbonyl (C=O) groups excluding carboxylic acids is 2. The van der Waals surface area contributed by atoms with Gasteiger partial charge < -0.3 is 69.0 Å². The molecule has 35 heavy (non-hydrogen) atoms. The van der Waals surface area contributed by atoms with E-state index in [2.05, 4.69) is 21.5 Å². The van der Waals surface area contributed by atoms with E-state index in [4.69, 9.17) is 49.8 Å². The summed E-state index contributed by atoms with van der Waals surface area (Å²) in [5.41, 5.74) is 0. The Kier molecular flexibility index (Phi) is 129. The first-order chi connectivity index (χ1) is 11.6. The maximum Gasteiger partial charge on any atom is 0.473 e. The number of rotatable bonds is 0. The molecule has 27 heteroatoms. The van der Waals surface area contributed by atoms with Crippen molar-refractivity contribution < 1.29 is 194 Å². The molecular weight excluding hydrogens is 670 g/mol. The number of quaternary nitrogens is 2. The maximum absolute atomic E-state index is 9.63. The van der Waals surface area contributed by atoms with Gasteiger partial charge in [-0.2, -0.15) is 11.8 Å². The van der Waals surface area contributed by atoms with E-state index in [0.29, 0.717) is 0 Å². The Hall–Kier alpha value is -2.39. The number of aliphatic carboxylic acids is 6. The molecule has 0 bridgehead atoms. The van der Waals surface area contributed by atoms with Gasteiger partial charge >= 0.3 is 47.8 Å². The van der Waals surface area contributed by atoms with E-state index in [1.807, 2.05) is 0 Å². The summed E-state index contributed by atoms with van der Waals surface area (Å²) in [6.45, 7) is 0. The van der Waals surface area contributed by atoms with E-state index >= 15 is 0 Å². The van der Waals surface area contributed by atoms with E-state index in [1.165, 1.54) is 0 Å². The van der Waals surface area contributed by atoms with Gasteiger partial charge in [-0.1, -0.05) is 0 Å². The topological polar surface area (TPSA) is 552 Å². The van der Waals surface area contributed by atoms with E-state index in [1.54, 1.807) is 0 Å². The van der Waals surface area contributed by atoms with Crippen LogP contribution < -0.4 is 11.8 Å². The van der Waals surface area contributed by atoms with Crippen molar-refractivity contribution in [2.45, 2.75) is 0 Å². The summed E-state index contributed by atoms with van der Waals surface area (Å²) < 4.78 is 0. The Bertz CT molecular complexity index is 506. The van der Waals surface area contributed by atoms with E-state index in [9.17, 15) is 19.2 Å². The van der Waals surface area contributed by atoms with Gasteiger partial charge in [0.1, 0.15) is 0 Å². The molecule has 0 aromatic rings. The van der Waals surface area contributed by atoms with Crippen LogP contribution in [0, 0.1) is 0 Å². The number of carbonyl (C=O) groups is 8. The largest absolute Gasteiger partial charge is 0.473 e. The zero-order chi connectivity index (χ0) is 22.0. The van der Waals surface area contributed by atoms with E-state index < -0.39 is 47.8 Å². The zero-order valence-corrected chi connectivity index (χ0v) is 22.5. The van der Waals surface area contributed by atoms with Gasteiger partial charge in [-0.15, -0.1) is 0 Å². The number of carboxylic acids is 6. The molecule has 0 rings (SSSR count). The first-order valence-electron chi connectivity index (χ1n) is 4.96. The molecule has 0 aliphatic heterocycles. The molecule has 0 fully saturated rings. The van der Waals surface area contributed by atoms with Gasteiger partial charge in [0.25, 0.3) is 0 Å². The molecule has 25 nitrogen and oxygen atoms in total. The third-order valence-electron chi connectivity index (χ3n) is 0.977. The van der Waals surface area contributed by atoms with Crippen LogP contribution in [0.3, 0.4) is 0 Å². The summed E-state index contributed by atoms with van der Waals surface area (Å²) in [6, 6.07) is 0. The van der Waals surface area contributed by atoms with Gasteiger partial charge in [0.2, 0.25) is 0 Å². The second-order valence-electron chi connectivity index (χ2n) is 2.69. The second kappa shape index (κ2) is 53.1. The Labute approximate surface area is 240 Å². The maximum atomic E-state index is 9.63. The van der Waals surface area contributed by atoms with Crippen LogP contribution in [0.4, 0.5) is 0 Å². The molecule has 26 N–H and O–H groups in total. The fraction of sp³-hybridized carbons (Fsp3) is 0. The average molecular weight is 696 g/mol. The summed E-state index contributed by atoms with van der Waals surface area (Å²) in [6.07, 6.45) is 0. The van der Waals surface area contributed by atoms with Crippen molar-refractivity contribution in [1.82, 2.24) is 0 Å². The smallest absolute Gasteiger partial charge is 0.473 e. The monoisotopic (exact) mass is 696 g/mol. The standard InChI is InChI=1S/2C2H3NO4.2C2H2O4.7H2O.2Y/c2*3-7-2(6)1(4)5;2*3-1(4)2(5)6;;;;;;;;;/h2*3H3;2*(H,3,4)(H,5,6);7*1H2;;/p+2. The van der Waals surface area contributed by atoms with Gasteiger partial charge in [0, 0.05) is 65.4 Å². The Morgan fingerprint density at radius 3 is 0.486 bits per heavy atom. The van der Waals surface area contributed by atoms with Gasteiger partial charge in [-0.3, -0.25) is 9.68 Å². The van der Waals surface area contributed by atoms with Crippen LogP contribution in [0.2, 0.25) is 0 Å². The Balaban J connectivity index is -0.0000000155. The minimum absolute atomic E-state index is 0. The summed E-state index contributed by atoms with van der Waals surface area (Å²) in [7, 11) is 0. The Morgan fingerprint density at radius 1 is 0.371 bits per heavy atom. The minimum atomic E-state index is -1.82. The normalized spacial score (nSPS) is 5.54. The van der Waals surface area contributed by atoms with Crippen LogP contribution in [-0.4, -0.2) is 117 Å². The molecule has 0 aliphatic rings. The SMILES string of the molecule is O.O.O.O.O.O.O.O=C(O)C(=O)O.O=C(O)C(=O)O.[NH3+]OC(=O)C(=O)O.[NH3+]OC(=O)C(=O)O.[Y].[Y]. The molecule has 0 aliphatic carbocycles. The van der Waals surface area contributed by atoms with Crippen LogP contribution in [0.1, 0.15) is 0 Å². The van der Waals surface area contributed by atoms with Crippen molar-refractivity contribution in [1.29, 1.82) is 0 Å². The van der Waals surface area contributed by atoms with Crippen molar-refractivity contribution >= 4 is 47.8 Å². The van der Waals surface area contributed by atoms with Crippen molar-refractivity contribution in [3.05, 3.63) is 0 Å². The van der Waals surface area contributed by atoms with Crippen molar-refractivity contribution in [2.75, 3.05) is 0 Å². The molecule has 0 saturated heterocycles. The zero-order valence-electron chi connectivity index (χ0n) is 16.8. The van der Waals surface area contributed by atoms with Gasteiger partial charge in [-0.05, 0) is 0 Å². The van der Waals surface area contributed by atoms with Crippen LogP contribution in [0.25, 0.3) is 0 Å². The van der Waals surface area contributed by atoms with Crippen LogP contribution >= 0.6 is 0 Å².